The molecular weight excluding hydrogens is 276 g/mol. The highest BCUT2D eigenvalue weighted by atomic mass is 16.1. The molecule has 128 valence electrons. The number of nitrogens with two attached hydrogens (primary N) is 1. The summed E-state index contributed by atoms with van der Waals surface area (Å²) in [5.74, 6) is -0.150. The normalized spacial score (nSPS) is 13.9. The highest BCUT2D eigenvalue weighted by Crippen LogP contribution is 2.13. The summed E-state index contributed by atoms with van der Waals surface area (Å²) in [5, 5.41) is 15.3. The van der Waals surface area contributed by atoms with Crippen molar-refractivity contribution in [2.24, 2.45) is 5.73 Å². The molecule has 0 aromatic carbocycles. The molecule has 0 aliphatic heterocycles. The topological polar surface area (TPSA) is 94.0 Å². The van der Waals surface area contributed by atoms with Crippen LogP contribution in [0, 0.1) is 10.8 Å². The second kappa shape index (κ2) is 12.5. The smallest absolute Gasteiger partial charge is 0.194 e. The molecule has 0 rings (SSSR count). The Morgan fingerprint density at radius 3 is 2.14 bits per heavy atom. The Kier molecular flexibility index (Phi) is 11.9. The number of carbonyl (C=O) groups is 1. The number of nitrogens with one attached hydrogen (secondary N) is 2. The van der Waals surface area contributed by atoms with E-state index in [9.17, 15) is 4.79 Å². The summed E-state index contributed by atoms with van der Waals surface area (Å²) >= 11 is 0. The van der Waals surface area contributed by atoms with Gasteiger partial charge in [0.05, 0.1) is 11.8 Å². The second-order valence-corrected chi connectivity index (χ2v) is 5.83. The molecule has 2 atom stereocenters. The summed E-state index contributed by atoms with van der Waals surface area (Å²) in [6.07, 6.45) is 7.39. The Bertz CT molecular complexity index is 336. The van der Waals surface area contributed by atoms with E-state index in [0.717, 1.165) is 38.8 Å². The van der Waals surface area contributed by atoms with Crippen LogP contribution in [-0.4, -0.2) is 47.8 Å². The van der Waals surface area contributed by atoms with Crippen molar-refractivity contribution in [2.45, 2.75) is 77.8 Å². The first-order chi connectivity index (χ1) is 10.5. The quantitative estimate of drug-likeness (QED) is 0.430. The highest BCUT2D eigenvalue weighted by molar-refractivity contribution is 6.42. The van der Waals surface area contributed by atoms with Crippen molar-refractivity contribution in [2.75, 3.05) is 13.1 Å². The molecule has 0 heterocycles. The second-order valence-electron chi connectivity index (χ2n) is 5.83. The number of Topliss-reactive ketones (excluding diaryl/α,β-unsaturated/α-hetero) is 1. The van der Waals surface area contributed by atoms with Gasteiger partial charge in [-0.2, -0.15) is 0 Å². The van der Waals surface area contributed by atoms with Gasteiger partial charge in [0.1, 0.15) is 0 Å². The molecular formula is C17H34N4O. The van der Waals surface area contributed by atoms with E-state index in [4.69, 9.17) is 16.6 Å². The molecule has 0 aromatic rings. The van der Waals surface area contributed by atoms with Gasteiger partial charge in [0.15, 0.2) is 5.78 Å². The standard InChI is InChI=1S/C17H34N4O/c1-4-7-12-21(13-8-5-2)15(10-9-11-18)17(22)16(20)14(19)6-3/h11,14-15,18,20H,4-10,12-13,19H2,1-3H3. The van der Waals surface area contributed by atoms with Crippen LogP contribution in [0.2, 0.25) is 0 Å². The lowest BCUT2D eigenvalue weighted by atomic mass is 9.96. The molecule has 0 bridgehead atoms. The number of unbranched alkanes of at least 4 members (excludes halogenated alkanes) is 2. The summed E-state index contributed by atoms with van der Waals surface area (Å²) in [6.45, 7) is 7.92. The summed E-state index contributed by atoms with van der Waals surface area (Å²) < 4.78 is 0. The maximum Gasteiger partial charge on any atom is 0.194 e. The molecule has 4 N–H and O–H groups in total. The van der Waals surface area contributed by atoms with Gasteiger partial charge in [-0.05, 0) is 51.4 Å². The largest absolute Gasteiger partial charge is 0.323 e. The minimum Gasteiger partial charge on any atom is -0.323 e. The van der Waals surface area contributed by atoms with Crippen LogP contribution >= 0.6 is 0 Å². The minimum absolute atomic E-state index is 0.0375. The van der Waals surface area contributed by atoms with E-state index >= 15 is 0 Å². The first kappa shape index (κ1) is 20.9. The average molecular weight is 310 g/mol. The van der Waals surface area contributed by atoms with Crippen LogP contribution in [0.15, 0.2) is 0 Å². The monoisotopic (exact) mass is 310 g/mol. The molecule has 0 aliphatic rings. The number of nitrogens with zero attached hydrogens (tertiary/aromatic N) is 1. The fourth-order valence-electron chi connectivity index (χ4n) is 2.43. The van der Waals surface area contributed by atoms with Gasteiger partial charge >= 0.3 is 0 Å². The number of ketones is 1. The average Bonchev–Trinajstić information content (AvgIpc) is 2.54. The number of hydrogen-bond donors (Lipinski definition) is 3. The highest BCUT2D eigenvalue weighted by Gasteiger charge is 2.29. The zero-order chi connectivity index (χ0) is 17.0. The predicted molar refractivity (Wildman–Crippen MR) is 94.2 cm³/mol. The summed E-state index contributed by atoms with van der Waals surface area (Å²) in [5.41, 5.74) is 5.91. The van der Waals surface area contributed by atoms with Gasteiger partial charge in [-0.25, -0.2) is 0 Å². The third-order valence-corrected chi connectivity index (χ3v) is 4.00. The maximum absolute atomic E-state index is 12.7. The van der Waals surface area contributed by atoms with E-state index in [0.29, 0.717) is 19.3 Å². The maximum atomic E-state index is 12.7. The molecule has 0 spiro atoms. The third-order valence-electron chi connectivity index (χ3n) is 4.00. The number of carbonyl (C=O) groups excluding carboxylic acids is 1. The molecule has 0 saturated heterocycles. The van der Waals surface area contributed by atoms with Crippen LogP contribution in [-0.2, 0) is 4.79 Å². The van der Waals surface area contributed by atoms with Crippen molar-refractivity contribution in [1.29, 1.82) is 10.8 Å². The van der Waals surface area contributed by atoms with Crippen molar-refractivity contribution in [3.63, 3.8) is 0 Å². The van der Waals surface area contributed by atoms with Gasteiger partial charge < -0.3 is 11.1 Å². The van der Waals surface area contributed by atoms with Gasteiger partial charge in [-0.3, -0.25) is 15.1 Å². The predicted octanol–water partition coefficient (Wildman–Crippen LogP) is 3.01. The van der Waals surface area contributed by atoms with Crippen LogP contribution in [0.3, 0.4) is 0 Å². The molecule has 2 unspecified atom stereocenters. The fourth-order valence-corrected chi connectivity index (χ4v) is 2.43. The van der Waals surface area contributed by atoms with Crippen molar-refractivity contribution < 1.29 is 4.79 Å². The van der Waals surface area contributed by atoms with Crippen LogP contribution in [0.4, 0.5) is 0 Å². The van der Waals surface area contributed by atoms with E-state index in [2.05, 4.69) is 18.7 Å². The molecule has 22 heavy (non-hydrogen) atoms. The fraction of sp³-hybridized carbons (Fsp3) is 0.824. The van der Waals surface area contributed by atoms with Crippen molar-refractivity contribution >= 4 is 17.7 Å². The first-order valence-electron chi connectivity index (χ1n) is 8.64. The third kappa shape index (κ3) is 7.27. The zero-order valence-corrected chi connectivity index (χ0v) is 14.5. The Labute approximate surface area is 135 Å². The van der Waals surface area contributed by atoms with Crippen molar-refractivity contribution in [1.82, 2.24) is 4.90 Å². The number of hydrogen-bond acceptors (Lipinski definition) is 5. The molecule has 0 saturated carbocycles. The van der Waals surface area contributed by atoms with E-state index in [1.165, 1.54) is 6.21 Å². The van der Waals surface area contributed by atoms with Gasteiger partial charge in [0.2, 0.25) is 0 Å². The summed E-state index contributed by atoms with van der Waals surface area (Å²) in [7, 11) is 0. The van der Waals surface area contributed by atoms with Crippen LogP contribution < -0.4 is 5.73 Å². The van der Waals surface area contributed by atoms with E-state index in [-0.39, 0.29) is 17.5 Å². The zero-order valence-electron chi connectivity index (χ0n) is 14.5. The molecule has 0 aromatic heterocycles. The van der Waals surface area contributed by atoms with E-state index in [1.807, 2.05) is 6.92 Å². The molecule has 0 amide bonds. The molecule has 0 aliphatic carbocycles. The molecule has 0 radical (unpaired) electrons. The minimum atomic E-state index is -0.478. The Morgan fingerprint density at radius 2 is 1.73 bits per heavy atom. The Balaban J connectivity index is 5.10. The van der Waals surface area contributed by atoms with Crippen molar-refractivity contribution in [3.8, 4) is 0 Å². The Hall–Kier alpha value is -1.07. The lowest BCUT2D eigenvalue weighted by Gasteiger charge is -2.31. The lowest BCUT2D eigenvalue weighted by Crippen LogP contribution is -2.49. The molecule has 0 fully saturated rings. The van der Waals surface area contributed by atoms with Gasteiger partial charge in [0, 0.05) is 6.04 Å². The molecule has 5 heteroatoms. The van der Waals surface area contributed by atoms with E-state index in [1.54, 1.807) is 0 Å². The van der Waals surface area contributed by atoms with Crippen LogP contribution in [0.1, 0.15) is 65.7 Å². The lowest BCUT2D eigenvalue weighted by molar-refractivity contribution is -0.118. The van der Waals surface area contributed by atoms with Gasteiger partial charge in [-0.1, -0.05) is 33.6 Å². The molecule has 5 nitrogen and oxygen atoms in total. The van der Waals surface area contributed by atoms with Gasteiger partial charge in [0.25, 0.3) is 0 Å². The SMILES string of the molecule is CCCCN(CCCC)C(CCC=N)C(=O)C(=N)C(N)CC. The summed E-state index contributed by atoms with van der Waals surface area (Å²) in [6, 6.07) is -0.779. The van der Waals surface area contributed by atoms with Gasteiger partial charge in [-0.15, -0.1) is 0 Å². The number of rotatable bonds is 14. The first-order valence-corrected chi connectivity index (χ1v) is 8.64. The van der Waals surface area contributed by atoms with Crippen LogP contribution in [0.25, 0.3) is 0 Å². The van der Waals surface area contributed by atoms with Crippen LogP contribution in [0.5, 0.6) is 0 Å². The summed E-state index contributed by atoms with van der Waals surface area (Å²) in [4.78, 5) is 14.9. The van der Waals surface area contributed by atoms with Crippen molar-refractivity contribution in [3.05, 3.63) is 0 Å². The van der Waals surface area contributed by atoms with E-state index < -0.39 is 6.04 Å². The Morgan fingerprint density at radius 1 is 1.18 bits per heavy atom.